The summed E-state index contributed by atoms with van der Waals surface area (Å²) in [6.45, 7) is 3.89. The highest BCUT2D eigenvalue weighted by molar-refractivity contribution is 9.10. The number of hydrogen-bond acceptors (Lipinski definition) is 2. The summed E-state index contributed by atoms with van der Waals surface area (Å²) in [5.41, 5.74) is 2.00. The van der Waals surface area contributed by atoms with Gasteiger partial charge >= 0.3 is 0 Å². The summed E-state index contributed by atoms with van der Waals surface area (Å²) < 4.78 is 1.04. The van der Waals surface area contributed by atoms with Gasteiger partial charge in [0.15, 0.2) is 0 Å². The Morgan fingerprint density at radius 1 is 1.39 bits per heavy atom. The molecule has 0 aromatic heterocycles. The third-order valence-electron chi connectivity index (χ3n) is 3.16. The smallest absolute Gasteiger partial charge is 0.227 e. The average molecular weight is 334 g/mol. The van der Waals surface area contributed by atoms with Gasteiger partial charge in [-0.25, -0.2) is 0 Å². The second-order valence-corrected chi connectivity index (χ2v) is 5.39. The van der Waals surface area contributed by atoms with Crippen LogP contribution in [0.2, 0.25) is 0 Å². The molecule has 0 saturated carbocycles. The van der Waals surface area contributed by atoms with Gasteiger partial charge in [-0.05, 0) is 56.6 Å². The van der Waals surface area contributed by atoms with Crippen LogP contribution in [0.5, 0.6) is 0 Å². The summed E-state index contributed by atoms with van der Waals surface area (Å²) in [6.07, 6.45) is 1.86. The third kappa shape index (κ3) is 3.97. The van der Waals surface area contributed by atoms with Crippen molar-refractivity contribution in [2.24, 2.45) is 5.92 Å². The Balaban J connectivity index is 0.00000162. The summed E-state index contributed by atoms with van der Waals surface area (Å²) in [6, 6.07) is 5.90. The van der Waals surface area contributed by atoms with E-state index in [0.29, 0.717) is 0 Å². The van der Waals surface area contributed by atoms with E-state index in [4.69, 9.17) is 0 Å². The van der Waals surface area contributed by atoms with E-state index in [1.165, 1.54) is 0 Å². The summed E-state index contributed by atoms with van der Waals surface area (Å²) in [5.74, 6) is 0.302. The molecule has 100 valence electrons. The summed E-state index contributed by atoms with van der Waals surface area (Å²) in [5, 5.41) is 6.29. The molecule has 0 bridgehead atoms. The van der Waals surface area contributed by atoms with Gasteiger partial charge in [0.05, 0.1) is 0 Å². The zero-order valence-corrected chi connectivity index (χ0v) is 12.7. The SMILES string of the molecule is Cc1cc(Br)ccc1NC(=O)C1CCNCC1.Cl. The molecule has 0 atom stereocenters. The second kappa shape index (κ2) is 7.12. The van der Waals surface area contributed by atoms with E-state index in [2.05, 4.69) is 26.6 Å². The Morgan fingerprint density at radius 2 is 2.06 bits per heavy atom. The van der Waals surface area contributed by atoms with Crippen LogP contribution in [0.15, 0.2) is 22.7 Å². The van der Waals surface area contributed by atoms with Crippen molar-refractivity contribution >= 4 is 39.9 Å². The number of benzene rings is 1. The maximum Gasteiger partial charge on any atom is 0.227 e. The highest BCUT2D eigenvalue weighted by Gasteiger charge is 2.21. The van der Waals surface area contributed by atoms with Gasteiger partial charge in [0.2, 0.25) is 5.91 Å². The molecule has 3 nitrogen and oxygen atoms in total. The van der Waals surface area contributed by atoms with Crippen LogP contribution in [0.4, 0.5) is 5.69 Å². The monoisotopic (exact) mass is 332 g/mol. The number of nitrogens with one attached hydrogen (secondary N) is 2. The van der Waals surface area contributed by atoms with Crippen LogP contribution in [0, 0.1) is 12.8 Å². The molecule has 2 rings (SSSR count). The number of anilines is 1. The molecule has 0 aliphatic carbocycles. The predicted octanol–water partition coefficient (Wildman–Crippen LogP) is 3.12. The van der Waals surface area contributed by atoms with Crippen LogP contribution < -0.4 is 10.6 Å². The normalized spacial score (nSPS) is 15.9. The van der Waals surface area contributed by atoms with Crippen molar-refractivity contribution in [2.75, 3.05) is 18.4 Å². The molecular weight excluding hydrogens is 316 g/mol. The molecule has 1 aromatic rings. The molecular formula is C13H18BrClN2O. The molecule has 1 aromatic carbocycles. The quantitative estimate of drug-likeness (QED) is 0.873. The Kier molecular flexibility index (Phi) is 6.12. The first-order valence-corrected chi connectivity index (χ1v) is 6.74. The molecule has 1 saturated heterocycles. The van der Waals surface area contributed by atoms with Gasteiger partial charge in [-0.2, -0.15) is 0 Å². The fourth-order valence-corrected chi connectivity index (χ4v) is 2.56. The summed E-state index contributed by atoms with van der Waals surface area (Å²) in [7, 11) is 0. The molecule has 1 aliphatic heterocycles. The highest BCUT2D eigenvalue weighted by atomic mass is 79.9. The minimum atomic E-state index is 0. The molecule has 2 N–H and O–H groups in total. The topological polar surface area (TPSA) is 41.1 Å². The number of aryl methyl sites for hydroxylation is 1. The van der Waals surface area contributed by atoms with Crippen molar-refractivity contribution in [1.82, 2.24) is 5.32 Å². The standard InChI is InChI=1S/C13H17BrN2O.ClH/c1-9-8-11(14)2-3-12(9)16-13(17)10-4-6-15-7-5-10;/h2-3,8,10,15H,4-7H2,1H3,(H,16,17);1H. The molecule has 5 heteroatoms. The molecule has 18 heavy (non-hydrogen) atoms. The van der Waals surface area contributed by atoms with Crippen LogP contribution in [0.3, 0.4) is 0 Å². The lowest BCUT2D eigenvalue weighted by atomic mass is 9.97. The van der Waals surface area contributed by atoms with Crippen molar-refractivity contribution in [3.63, 3.8) is 0 Å². The number of amides is 1. The summed E-state index contributed by atoms with van der Waals surface area (Å²) in [4.78, 5) is 12.1. The Labute approximate surface area is 122 Å². The zero-order valence-electron chi connectivity index (χ0n) is 10.3. The number of halogens is 2. The number of hydrogen-bond donors (Lipinski definition) is 2. The molecule has 1 amide bonds. The van der Waals surface area contributed by atoms with E-state index >= 15 is 0 Å². The van der Waals surface area contributed by atoms with E-state index < -0.39 is 0 Å². The van der Waals surface area contributed by atoms with Gasteiger partial charge in [-0.15, -0.1) is 12.4 Å². The minimum Gasteiger partial charge on any atom is -0.326 e. The first kappa shape index (κ1) is 15.5. The summed E-state index contributed by atoms with van der Waals surface area (Å²) >= 11 is 3.42. The number of carbonyl (C=O) groups excluding carboxylic acids is 1. The van der Waals surface area contributed by atoms with E-state index in [-0.39, 0.29) is 24.2 Å². The van der Waals surface area contributed by atoms with E-state index in [1.54, 1.807) is 0 Å². The number of piperidine rings is 1. The van der Waals surface area contributed by atoms with E-state index in [1.807, 2.05) is 25.1 Å². The van der Waals surface area contributed by atoms with Gasteiger partial charge in [-0.1, -0.05) is 15.9 Å². The molecule has 1 heterocycles. The van der Waals surface area contributed by atoms with Crippen LogP contribution in [-0.4, -0.2) is 19.0 Å². The lowest BCUT2D eigenvalue weighted by molar-refractivity contribution is -0.120. The van der Waals surface area contributed by atoms with Crippen LogP contribution in [0.1, 0.15) is 18.4 Å². The fraction of sp³-hybridized carbons (Fsp3) is 0.462. The molecule has 0 spiro atoms. The maximum atomic E-state index is 12.1. The van der Waals surface area contributed by atoms with Gasteiger partial charge in [0.25, 0.3) is 0 Å². The third-order valence-corrected chi connectivity index (χ3v) is 3.65. The van der Waals surface area contributed by atoms with Gasteiger partial charge in [0, 0.05) is 16.1 Å². The van der Waals surface area contributed by atoms with Crippen molar-refractivity contribution < 1.29 is 4.79 Å². The van der Waals surface area contributed by atoms with Crippen LogP contribution in [0.25, 0.3) is 0 Å². The lowest BCUT2D eigenvalue weighted by Gasteiger charge is -2.22. The van der Waals surface area contributed by atoms with Crippen molar-refractivity contribution in [3.05, 3.63) is 28.2 Å². The van der Waals surface area contributed by atoms with Crippen LogP contribution >= 0.6 is 28.3 Å². The van der Waals surface area contributed by atoms with Crippen LogP contribution in [-0.2, 0) is 4.79 Å². The molecule has 0 unspecified atom stereocenters. The van der Waals surface area contributed by atoms with Gasteiger partial charge < -0.3 is 10.6 Å². The van der Waals surface area contributed by atoms with Crippen molar-refractivity contribution in [3.8, 4) is 0 Å². The van der Waals surface area contributed by atoms with Gasteiger partial charge in [-0.3, -0.25) is 4.79 Å². The highest BCUT2D eigenvalue weighted by Crippen LogP contribution is 2.22. The largest absolute Gasteiger partial charge is 0.326 e. The lowest BCUT2D eigenvalue weighted by Crippen LogP contribution is -2.34. The number of carbonyl (C=O) groups is 1. The zero-order chi connectivity index (χ0) is 12.3. The Hall–Kier alpha value is -0.580. The van der Waals surface area contributed by atoms with E-state index in [0.717, 1.165) is 41.7 Å². The van der Waals surface area contributed by atoms with Crippen molar-refractivity contribution in [1.29, 1.82) is 0 Å². The first-order valence-electron chi connectivity index (χ1n) is 5.94. The molecule has 0 radical (unpaired) electrons. The second-order valence-electron chi connectivity index (χ2n) is 4.47. The average Bonchev–Trinajstić information content (AvgIpc) is 2.34. The Morgan fingerprint density at radius 3 is 2.67 bits per heavy atom. The minimum absolute atomic E-state index is 0. The Bertz CT molecular complexity index is 419. The van der Waals surface area contributed by atoms with E-state index in [9.17, 15) is 4.79 Å². The van der Waals surface area contributed by atoms with Crippen molar-refractivity contribution in [2.45, 2.75) is 19.8 Å². The number of rotatable bonds is 2. The fourth-order valence-electron chi connectivity index (χ4n) is 2.09. The molecule has 1 fully saturated rings. The maximum absolute atomic E-state index is 12.1. The molecule has 1 aliphatic rings. The first-order chi connectivity index (χ1) is 8.16. The van der Waals surface area contributed by atoms with Gasteiger partial charge in [0.1, 0.15) is 0 Å². The predicted molar refractivity (Wildman–Crippen MR) is 80.4 cm³/mol.